The molecule has 0 aromatic heterocycles. The van der Waals surface area contributed by atoms with E-state index in [0.717, 1.165) is 11.5 Å². The summed E-state index contributed by atoms with van der Waals surface area (Å²) in [6, 6.07) is 0.552. The quantitative estimate of drug-likeness (QED) is 0.517. The molecule has 2 aliphatic carbocycles. The van der Waals surface area contributed by atoms with E-state index >= 15 is 0 Å². The van der Waals surface area contributed by atoms with Gasteiger partial charge in [0.1, 0.15) is 5.54 Å². The molecular formula is C14H25NO2S. The summed E-state index contributed by atoms with van der Waals surface area (Å²) in [4.78, 5) is 12.2. The van der Waals surface area contributed by atoms with Crippen LogP contribution in [0.5, 0.6) is 0 Å². The van der Waals surface area contributed by atoms with Gasteiger partial charge in [-0.15, -0.1) is 0 Å². The standard InChI is InChI=1S/C14H25NO2S/c1-3-4-9-18-10-14(11-5-6-11,13(16)17-2)15-12-7-8-12/h11-12,15H,3-10H2,1-2H3. The van der Waals surface area contributed by atoms with Crippen LogP contribution < -0.4 is 5.32 Å². The van der Waals surface area contributed by atoms with Gasteiger partial charge in [0.05, 0.1) is 7.11 Å². The zero-order valence-corrected chi connectivity index (χ0v) is 12.4. The first-order valence-corrected chi connectivity index (χ1v) is 8.32. The molecular weight excluding hydrogens is 246 g/mol. The molecule has 0 bridgehead atoms. The normalized spacial score (nSPS) is 22.6. The summed E-state index contributed by atoms with van der Waals surface area (Å²) in [5.41, 5.74) is -0.395. The van der Waals surface area contributed by atoms with Crippen LogP contribution in [0.25, 0.3) is 0 Å². The lowest BCUT2D eigenvalue weighted by Gasteiger charge is -2.32. The molecule has 0 aromatic rings. The number of esters is 1. The Morgan fingerprint density at radius 3 is 2.61 bits per heavy atom. The molecule has 1 atom stereocenters. The van der Waals surface area contributed by atoms with Crippen LogP contribution in [0.1, 0.15) is 45.4 Å². The van der Waals surface area contributed by atoms with E-state index in [1.165, 1.54) is 45.6 Å². The fourth-order valence-corrected chi connectivity index (χ4v) is 3.79. The minimum atomic E-state index is -0.395. The van der Waals surface area contributed by atoms with Gasteiger partial charge in [-0.05, 0) is 43.8 Å². The van der Waals surface area contributed by atoms with Crippen molar-refractivity contribution in [2.24, 2.45) is 5.92 Å². The maximum Gasteiger partial charge on any atom is 0.327 e. The molecule has 18 heavy (non-hydrogen) atoms. The Hall–Kier alpha value is -0.220. The first-order chi connectivity index (χ1) is 8.73. The van der Waals surface area contributed by atoms with Crippen LogP contribution in [0.4, 0.5) is 0 Å². The van der Waals surface area contributed by atoms with E-state index in [2.05, 4.69) is 12.2 Å². The molecule has 1 unspecified atom stereocenters. The fraction of sp³-hybridized carbons (Fsp3) is 0.929. The highest BCUT2D eigenvalue weighted by molar-refractivity contribution is 7.99. The number of thioether (sulfide) groups is 1. The lowest BCUT2D eigenvalue weighted by atomic mass is 9.95. The summed E-state index contributed by atoms with van der Waals surface area (Å²) >= 11 is 1.90. The minimum absolute atomic E-state index is 0.0408. The number of unbranched alkanes of at least 4 members (excludes halogenated alkanes) is 1. The molecule has 2 rings (SSSR count). The number of hydrogen-bond donors (Lipinski definition) is 1. The second-order valence-corrected chi connectivity index (χ2v) is 6.67. The summed E-state index contributed by atoms with van der Waals surface area (Å²) in [6.07, 6.45) is 7.22. The highest BCUT2D eigenvalue weighted by Gasteiger charge is 2.53. The minimum Gasteiger partial charge on any atom is -0.468 e. The third kappa shape index (κ3) is 3.41. The van der Waals surface area contributed by atoms with Crippen LogP contribution in [-0.4, -0.2) is 36.2 Å². The van der Waals surface area contributed by atoms with Gasteiger partial charge in [-0.1, -0.05) is 13.3 Å². The molecule has 2 aliphatic rings. The molecule has 0 amide bonds. The van der Waals surface area contributed by atoms with Crippen LogP contribution in [0.15, 0.2) is 0 Å². The number of hydrogen-bond acceptors (Lipinski definition) is 4. The monoisotopic (exact) mass is 271 g/mol. The lowest BCUT2D eigenvalue weighted by Crippen LogP contribution is -2.57. The van der Waals surface area contributed by atoms with Crippen LogP contribution in [0.3, 0.4) is 0 Å². The van der Waals surface area contributed by atoms with Crippen molar-refractivity contribution in [1.29, 1.82) is 0 Å². The van der Waals surface area contributed by atoms with E-state index in [-0.39, 0.29) is 5.97 Å². The Balaban J connectivity index is 1.96. The first-order valence-electron chi connectivity index (χ1n) is 7.16. The summed E-state index contributed by atoms with van der Waals surface area (Å²) in [5.74, 6) is 2.48. The number of carbonyl (C=O) groups excluding carboxylic acids is 1. The molecule has 0 aliphatic heterocycles. The van der Waals surface area contributed by atoms with Crippen molar-refractivity contribution in [3.05, 3.63) is 0 Å². The van der Waals surface area contributed by atoms with E-state index in [0.29, 0.717) is 12.0 Å². The van der Waals surface area contributed by atoms with E-state index in [1.54, 1.807) is 0 Å². The summed E-state index contributed by atoms with van der Waals surface area (Å²) in [6.45, 7) is 2.21. The molecule has 0 radical (unpaired) electrons. The molecule has 104 valence electrons. The van der Waals surface area contributed by atoms with Gasteiger partial charge in [-0.25, -0.2) is 0 Å². The van der Waals surface area contributed by atoms with Gasteiger partial charge in [0, 0.05) is 11.8 Å². The van der Waals surface area contributed by atoms with Crippen LogP contribution in [-0.2, 0) is 9.53 Å². The Kier molecular flexibility index (Phi) is 4.96. The fourth-order valence-electron chi connectivity index (χ4n) is 2.39. The molecule has 2 saturated carbocycles. The van der Waals surface area contributed by atoms with E-state index in [4.69, 9.17) is 4.74 Å². The predicted octanol–water partition coefficient (Wildman–Crippen LogP) is 2.59. The third-order valence-corrected chi connectivity index (χ3v) is 5.07. The second-order valence-electron chi connectivity index (χ2n) is 5.56. The first kappa shape index (κ1) is 14.2. The second kappa shape index (κ2) is 6.29. The van der Waals surface area contributed by atoms with Gasteiger partial charge in [0.2, 0.25) is 0 Å². The van der Waals surface area contributed by atoms with Gasteiger partial charge in [0.15, 0.2) is 0 Å². The molecule has 0 heterocycles. The van der Waals surface area contributed by atoms with Crippen molar-refractivity contribution in [2.75, 3.05) is 18.6 Å². The van der Waals surface area contributed by atoms with Gasteiger partial charge < -0.3 is 4.74 Å². The highest BCUT2D eigenvalue weighted by Crippen LogP contribution is 2.44. The van der Waals surface area contributed by atoms with Crippen molar-refractivity contribution < 1.29 is 9.53 Å². The lowest BCUT2D eigenvalue weighted by molar-refractivity contribution is -0.148. The largest absolute Gasteiger partial charge is 0.468 e. The van der Waals surface area contributed by atoms with E-state index < -0.39 is 5.54 Å². The summed E-state index contributed by atoms with van der Waals surface area (Å²) in [7, 11) is 1.52. The topological polar surface area (TPSA) is 38.3 Å². The van der Waals surface area contributed by atoms with Crippen molar-refractivity contribution in [2.45, 2.75) is 57.0 Å². The molecule has 0 saturated heterocycles. The van der Waals surface area contributed by atoms with Crippen LogP contribution >= 0.6 is 11.8 Å². The molecule has 1 N–H and O–H groups in total. The Bertz CT molecular complexity index is 290. The summed E-state index contributed by atoms with van der Waals surface area (Å²) in [5, 5.41) is 3.60. The molecule has 4 heteroatoms. The zero-order chi connectivity index (χ0) is 13.0. The number of methoxy groups -OCH3 is 1. The molecule has 2 fully saturated rings. The van der Waals surface area contributed by atoms with Gasteiger partial charge >= 0.3 is 5.97 Å². The molecule has 3 nitrogen and oxygen atoms in total. The highest BCUT2D eigenvalue weighted by atomic mass is 32.2. The Labute approximate surface area is 114 Å². The average Bonchev–Trinajstić information content (AvgIpc) is 3.24. The van der Waals surface area contributed by atoms with Crippen molar-refractivity contribution >= 4 is 17.7 Å². The number of carbonyl (C=O) groups is 1. The molecule has 0 spiro atoms. The molecule has 0 aromatic carbocycles. The average molecular weight is 271 g/mol. The van der Waals surface area contributed by atoms with E-state index in [1.807, 2.05) is 11.8 Å². The van der Waals surface area contributed by atoms with Gasteiger partial charge in [-0.2, -0.15) is 11.8 Å². The van der Waals surface area contributed by atoms with Crippen molar-refractivity contribution in [3.63, 3.8) is 0 Å². The maximum absolute atomic E-state index is 12.2. The Morgan fingerprint density at radius 2 is 2.11 bits per heavy atom. The van der Waals surface area contributed by atoms with Crippen LogP contribution in [0.2, 0.25) is 0 Å². The van der Waals surface area contributed by atoms with Gasteiger partial charge in [-0.3, -0.25) is 10.1 Å². The van der Waals surface area contributed by atoms with Gasteiger partial charge in [0.25, 0.3) is 0 Å². The third-order valence-electron chi connectivity index (χ3n) is 3.83. The smallest absolute Gasteiger partial charge is 0.327 e. The number of ether oxygens (including phenoxy) is 1. The predicted molar refractivity (Wildman–Crippen MR) is 75.9 cm³/mol. The summed E-state index contributed by atoms with van der Waals surface area (Å²) < 4.78 is 5.09. The zero-order valence-electron chi connectivity index (χ0n) is 11.5. The van der Waals surface area contributed by atoms with Crippen molar-refractivity contribution in [1.82, 2.24) is 5.32 Å². The maximum atomic E-state index is 12.2. The number of rotatable bonds is 9. The number of nitrogens with one attached hydrogen (secondary N) is 1. The van der Waals surface area contributed by atoms with Crippen LogP contribution in [0, 0.1) is 5.92 Å². The SMILES string of the molecule is CCCCSCC(NC1CC1)(C(=O)OC)C1CC1. The Morgan fingerprint density at radius 1 is 1.39 bits per heavy atom. The van der Waals surface area contributed by atoms with Crippen molar-refractivity contribution in [3.8, 4) is 0 Å². The van der Waals surface area contributed by atoms with E-state index in [9.17, 15) is 4.79 Å².